The van der Waals surface area contributed by atoms with E-state index in [1.165, 1.54) is 0 Å². The third kappa shape index (κ3) is 4.84. The highest BCUT2D eigenvalue weighted by molar-refractivity contribution is 6.58. The molecule has 0 saturated carbocycles. The number of hydrogen-bond acceptors (Lipinski definition) is 5. The minimum atomic E-state index is -1.04. The van der Waals surface area contributed by atoms with Gasteiger partial charge < -0.3 is 19.7 Å². The molecule has 0 aliphatic carbocycles. The Balaban J connectivity index is 1.88. The largest absolute Gasteiger partial charge is 0.510 e. The van der Waals surface area contributed by atoms with Crippen LogP contribution in [0.1, 0.15) is 5.56 Å². The smallest absolute Gasteiger partial charge is 0.422 e. The van der Waals surface area contributed by atoms with Crippen LogP contribution in [0.3, 0.4) is 0 Å². The van der Waals surface area contributed by atoms with E-state index < -0.39 is 7.12 Å². The van der Waals surface area contributed by atoms with Crippen molar-refractivity contribution in [1.82, 2.24) is 4.98 Å². The molecule has 0 unspecified atom stereocenters. The molecule has 22 heavy (non-hydrogen) atoms. The van der Waals surface area contributed by atoms with Crippen LogP contribution >= 0.6 is 0 Å². The fraction of sp³-hybridized carbons (Fsp3) is 0.312. The molecule has 2 aromatic rings. The lowest BCUT2D eigenvalue weighted by Gasteiger charge is -2.24. The lowest BCUT2D eigenvalue weighted by molar-refractivity contribution is 0.266. The standard InChI is InChI=1S/C16H21BN2O3/c1-14-7-8-18-16(13-14)17(21)22-12-10-19(9-11-20)15-5-3-2-4-6-15/h2-8,13,20-21H,9-12H2,1H3. The molecule has 0 bridgehead atoms. The van der Waals surface area contributed by atoms with Gasteiger partial charge in [-0.1, -0.05) is 18.2 Å². The number of anilines is 1. The Kier molecular flexibility index (Phi) is 6.39. The second-order valence-corrected chi connectivity index (χ2v) is 5.03. The van der Waals surface area contributed by atoms with E-state index in [4.69, 9.17) is 4.65 Å². The summed E-state index contributed by atoms with van der Waals surface area (Å²) in [6.07, 6.45) is 1.65. The predicted molar refractivity (Wildman–Crippen MR) is 88.3 cm³/mol. The van der Waals surface area contributed by atoms with Gasteiger partial charge in [0.1, 0.15) is 0 Å². The van der Waals surface area contributed by atoms with E-state index in [9.17, 15) is 10.1 Å². The summed E-state index contributed by atoms with van der Waals surface area (Å²) in [4.78, 5) is 6.11. The lowest BCUT2D eigenvalue weighted by Crippen LogP contribution is -2.39. The zero-order valence-electron chi connectivity index (χ0n) is 12.7. The Hall–Kier alpha value is -1.89. The highest BCUT2D eigenvalue weighted by Gasteiger charge is 2.18. The molecule has 0 atom stereocenters. The summed E-state index contributed by atoms with van der Waals surface area (Å²) in [7, 11) is -1.04. The summed E-state index contributed by atoms with van der Waals surface area (Å²) in [6.45, 7) is 3.44. The molecule has 1 aromatic carbocycles. The molecule has 0 aliphatic rings. The minimum absolute atomic E-state index is 0.0664. The molecular weight excluding hydrogens is 279 g/mol. The van der Waals surface area contributed by atoms with E-state index in [1.807, 2.05) is 48.2 Å². The van der Waals surface area contributed by atoms with Crippen molar-refractivity contribution in [2.24, 2.45) is 0 Å². The first-order valence-electron chi connectivity index (χ1n) is 7.34. The van der Waals surface area contributed by atoms with E-state index in [2.05, 4.69) is 4.98 Å². The Morgan fingerprint density at radius 2 is 1.95 bits per heavy atom. The molecule has 1 aromatic heterocycles. The summed E-state index contributed by atoms with van der Waals surface area (Å²) in [5, 5.41) is 19.2. The van der Waals surface area contributed by atoms with Crippen LogP contribution in [0.2, 0.25) is 0 Å². The number of pyridine rings is 1. The Morgan fingerprint density at radius 1 is 1.18 bits per heavy atom. The maximum absolute atomic E-state index is 10.0. The van der Waals surface area contributed by atoms with E-state index in [-0.39, 0.29) is 6.61 Å². The van der Waals surface area contributed by atoms with Crippen molar-refractivity contribution in [3.05, 3.63) is 54.2 Å². The predicted octanol–water partition coefficient (Wildman–Crippen LogP) is 0.593. The van der Waals surface area contributed by atoms with Gasteiger partial charge in [-0.2, -0.15) is 0 Å². The Morgan fingerprint density at radius 3 is 2.64 bits per heavy atom. The van der Waals surface area contributed by atoms with Gasteiger partial charge >= 0.3 is 7.12 Å². The molecule has 6 heteroatoms. The van der Waals surface area contributed by atoms with Gasteiger partial charge in [-0.3, -0.25) is 4.98 Å². The van der Waals surface area contributed by atoms with Crippen LogP contribution < -0.4 is 10.5 Å². The van der Waals surface area contributed by atoms with Gasteiger partial charge in [-0.25, -0.2) is 0 Å². The number of para-hydroxylation sites is 1. The fourth-order valence-electron chi connectivity index (χ4n) is 2.18. The van der Waals surface area contributed by atoms with E-state index in [1.54, 1.807) is 12.3 Å². The SMILES string of the molecule is Cc1ccnc(B(O)OCCN(CCO)c2ccccc2)c1. The van der Waals surface area contributed by atoms with E-state index in [0.717, 1.165) is 11.3 Å². The molecule has 0 radical (unpaired) electrons. The van der Waals surface area contributed by atoms with Gasteiger partial charge in [0, 0.05) is 31.6 Å². The first kappa shape index (κ1) is 16.5. The summed E-state index contributed by atoms with van der Waals surface area (Å²) in [5.41, 5.74) is 2.55. The Labute approximate surface area is 131 Å². The third-order valence-corrected chi connectivity index (χ3v) is 3.32. The normalized spacial score (nSPS) is 10.5. The molecule has 0 amide bonds. The van der Waals surface area contributed by atoms with Crippen molar-refractivity contribution in [1.29, 1.82) is 0 Å². The average molecular weight is 300 g/mol. The van der Waals surface area contributed by atoms with Crippen LogP contribution in [0.4, 0.5) is 5.69 Å². The van der Waals surface area contributed by atoms with Crippen LogP contribution in [-0.2, 0) is 4.65 Å². The zero-order valence-corrected chi connectivity index (χ0v) is 12.7. The molecule has 0 aliphatic heterocycles. The molecule has 0 fully saturated rings. The number of hydrogen-bond donors (Lipinski definition) is 2. The van der Waals surface area contributed by atoms with Crippen LogP contribution in [0.25, 0.3) is 0 Å². The number of aliphatic hydroxyl groups excluding tert-OH is 1. The first-order chi connectivity index (χ1) is 10.7. The quantitative estimate of drug-likeness (QED) is 0.699. The van der Waals surface area contributed by atoms with Gasteiger partial charge in [-0.05, 0) is 36.8 Å². The summed E-state index contributed by atoms with van der Waals surface area (Å²) < 4.78 is 5.45. The van der Waals surface area contributed by atoms with Gasteiger partial charge in [-0.15, -0.1) is 0 Å². The highest BCUT2D eigenvalue weighted by atomic mass is 16.5. The zero-order chi connectivity index (χ0) is 15.8. The fourth-order valence-corrected chi connectivity index (χ4v) is 2.18. The number of aliphatic hydroxyl groups is 1. The van der Waals surface area contributed by atoms with Gasteiger partial charge in [0.2, 0.25) is 0 Å². The summed E-state index contributed by atoms with van der Waals surface area (Å²) in [6, 6.07) is 13.5. The summed E-state index contributed by atoms with van der Waals surface area (Å²) >= 11 is 0. The van der Waals surface area contributed by atoms with Crippen LogP contribution in [0.5, 0.6) is 0 Å². The first-order valence-corrected chi connectivity index (χ1v) is 7.34. The minimum Gasteiger partial charge on any atom is -0.422 e. The maximum Gasteiger partial charge on any atom is 0.510 e. The van der Waals surface area contributed by atoms with Crippen molar-refractivity contribution >= 4 is 18.4 Å². The molecule has 2 rings (SSSR count). The van der Waals surface area contributed by atoms with Crippen molar-refractivity contribution in [2.45, 2.75) is 6.92 Å². The number of aryl methyl sites for hydroxylation is 1. The van der Waals surface area contributed by atoms with Crippen molar-refractivity contribution in [3.63, 3.8) is 0 Å². The second kappa shape index (κ2) is 8.53. The van der Waals surface area contributed by atoms with Gasteiger partial charge in [0.15, 0.2) is 0 Å². The number of nitrogens with zero attached hydrogens (tertiary/aromatic N) is 2. The van der Waals surface area contributed by atoms with Gasteiger partial charge in [0.05, 0.1) is 12.2 Å². The molecule has 0 spiro atoms. The number of aromatic nitrogens is 1. The van der Waals surface area contributed by atoms with Crippen molar-refractivity contribution < 1.29 is 14.8 Å². The van der Waals surface area contributed by atoms with Gasteiger partial charge in [0.25, 0.3) is 0 Å². The van der Waals surface area contributed by atoms with E-state index >= 15 is 0 Å². The van der Waals surface area contributed by atoms with Crippen LogP contribution in [0, 0.1) is 6.92 Å². The third-order valence-electron chi connectivity index (χ3n) is 3.32. The molecule has 2 N–H and O–H groups in total. The average Bonchev–Trinajstić information content (AvgIpc) is 2.55. The molecule has 116 valence electrons. The highest BCUT2D eigenvalue weighted by Crippen LogP contribution is 2.12. The monoisotopic (exact) mass is 300 g/mol. The van der Waals surface area contributed by atoms with E-state index in [0.29, 0.717) is 25.3 Å². The topological polar surface area (TPSA) is 65.8 Å². The lowest BCUT2D eigenvalue weighted by atomic mass is 9.84. The second-order valence-electron chi connectivity index (χ2n) is 5.03. The van der Waals surface area contributed by atoms with Crippen LogP contribution in [-0.4, -0.2) is 48.5 Å². The maximum atomic E-state index is 10.0. The Bertz CT molecular complexity index is 568. The number of rotatable bonds is 8. The molecule has 1 heterocycles. The van der Waals surface area contributed by atoms with Crippen LogP contribution in [0.15, 0.2) is 48.7 Å². The molecule has 0 saturated heterocycles. The molecule has 5 nitrogen and oxygen atoms in total. The molecular formula is C16H21BN2O3. The van der Waals surface area contributed by atoms with Crippen molar-refractivity contribution in [3.8, 4) is 0 Å². The van der Waals surface area contributed by atoms with Crippen molar-refractivity contribution in [2.75, 3.05) is 31.2 Å². The summed E-state index contributed by atoms with van der Waals surface area (Å²) in [5.74, 6) is 0. The number of benzene rings is 1.